The van der Waals surface area contributed by atoms with Gasteiger partial charge in [-0.15, -0.1) is 11.3 Å². The number of hydrogen-bond donors (Lipinski definition) is 1. The second-order valence-corrected chi connectivity index (χ2v) is 3.22. The number of halogens is 1. The molecule has 1 heterocycles. The Hall–Kier alpha value is -0.480. The molecular formula is C6H8FNOS. The van der Waals surface area contributed by atoms with Crippen LogP contribution >= 0.6 is 11.3 Å². The first kappa shape index (κ1) is 7.63. The minimum absolute atomic E-state index is 0.597. The van der Waals surface area contributed by atoms with Gasteiger partial charge in [0.1, 0.15) is 12.8 Å². The molecule has 0 radical (unpaired) electrons. The smallest absolute Gasteiger partial charge is 0.120 e. The van der Waals surface area contributed by atoms with Crippen LogP contribution in [0.25, 0.3) is 0 Å². The summed E-state index contributed by atoms with van der Waals surface area (Å²) in [5.74, 6) is 0. The first-order chi connectivity index (χ1) is 4.74. The van der Waals surface area contributed by atoms with Gasteiger partial charge in [0.15, 0.2) is 0 Å². The number of aryl methyl sites for hydroxylation is 1. The average molecular weight is 161 g/mol. The number of aliphatic hydroxyl groups is 1. The molecular weight excluding hydrogens is 153 g/mol. The van der Waals surface area contributed by atoms with E-state index in [1.165, 1.54) is 17.5 Å². The molecule has 4 heteroatoms. The van der Waals surface area contributed by atoms with Crippen LogP contribution in [0.4, 0.5) is 4.39 Å². The number of aromatic nitrogens is 1. The molecule has 0 amide bonds. The van der Waals surface area contributed by atoms with Gasteiger partial charge in [-0.2, -0.15) is 0 Å². The number of hydrogen-bond acceptors (Lipinski definition) is 3. The Morgan fingerprint density at radius 2 is 2.60 bits per heavy atom. The van der Waals surface area contributed by atoms with Gasteiger partial charge >= 0.3 is 0 Å². The van der Waals surface area contributed by atoms with Crippen LogP contribution < -0.4 is 0 Å². The Morgan fingerprint density at radius 3 is 3.00 bits per heavy atom. The molecule has 1 rings (SSSR count). The number of rotatable bonds is 2. The van der Waals surface area contributed by atoms with E-state index < -0.39 is 12.8 Å². The Labute approximate surface area is 62.3 Å². The van der Waals surface area contributed by atoms with E-state index in [2.05, 4.69) is 4.98 Å². The molecule has 1 N–H and O–H groups in total. The van der Waals surface area contributed by atoms with Crippen LogP contribution in [0, 0.1) is 6.92 Å². The lowest BCUT2D eigenvalue weighted by molar-refractivity contribution is 0.145. The van der Waals surface area contributed by atoms with Crippen molar-refractivity contribution in [1.82, 2.24) is 4.98 Å². The first-order valence-corrected chi connectivity index (χ1v) is 3.72. The van der Waals surface area contributed by atoms with Crippen LogP contribution in [-0.2, 0) is 0 Å². The highest BCUT2D eigenvalue weighted by atomic mass is 32.1. The van der Waals surface area contributed by atoms with Gasteiger partial charge in [0, 0.05) is 6.20 Å². The van der Waals surface area contributed by atoms with Crippen molar-refractivity contribution >= 4 is 11.3 Å². The zero-order chi connectivity index (χ0) is 7.56. The highest BCUT2D eigenvalue weighted by Crippen LogP contribution is 2.19. The molecule has 0 saturated heterocycles. The molecule has 56 valence electrons. The summed E-state index contributed by atoms with van der Waals surface area (Å²) >= 11 is 1.32. The van der Waals surface area contributed by atoms with E-state index in [1.54, 1.807) is 0 Å². The van der Waals surface area contributed by atoms with Gasteiger partial charge in [0.2, 0.25) is 0 Å². The van der Waals surface area contributed by atoms with Crippen molar-refractivity contribution in [3.63, 3.8) is 0 Å². The van der Waals surface area contributed by atoms with Crippen LogP contribution in [0.3, 0.4) is 0 Å². The summed E-state index contributed by atoms with van der Waals surface area (Å²) in [5.41, 5.74) is 0. The normalized spacial score (nSPS) is 13.5. The first-order valence-electron chi connectivity index (χ1n) is 2.90. The van der Waals surface area contributed by atoms with Crippen molar-refractivity contribution in [2.45, 2.75) is 13.0 Å². The predicted molar refractivity (Wildman–Crippen MR) is 37.8 cm³/mol. The van der Waals surface area contributed by atoms with Crippen LogP contribution in [0.2, 0.25) is 0 Å². The Bertz CT molecular complexity index is 213. The lowest BCUT2D eigenvalue weighted by atomic mass is 10.3. The van der Waals surface area contributed by atoms with Gasteiger partial charge in [-0.05, 0) is 6.92 Å². The molecule has 2 nitrogen and oxygen atoms in total. The van der Waals surface area contributed by atoms with E-state index >= 15 is 0 Å². The van der Waals surface area contributed by atoms with Crippen molar-refractivity contribution in [2.24, 2.45) is 0 Å². The van der Waals surface area contributed by atoms with Crippen molar-refractivity contribution in [3.05, 3.63) is 16.1 Å². The Balaban J connectivity index is 2.74. The molecule has 1 unspecified atom stereocenters. The number of nitrogens with zero attached hydrogens (tertiary/aromatic N) is 1. The number of aliphatic hydroxyl groups excluding tert-OH is 1. The Kier molecular flexibility index (Phi) is 2.34. The minimum Gasteiger partial charge on any atom is -0.385 e. The van der Waals surface area contributed by atoms with E-state index in [-0.39, 0.29) is 0 Å². The fourth-order valence-corrected chi connectivity index (χ4v) is 1.36. The number of thiazole rings is 1. The highest BCUT2D eigenvalue weighted by Gasteiger charge is 2.08. The van der Waals surface area contributed by atoms with E-state index in [0.717, 1.165) is 5.01 Å². The number of alkyl halides is 1. The summed E-state index contributed by atoms with van der Waals surface area (Å²) < 4.78 is 11.8. The molecule has 1 aromatic heterocycles. The second-order valence-electron chi connectivity index (χ2n) is 1.95. The molecule has 0 aliphatic rings. The lowest BCUT2D eigenvalue weighted by Gasteiger charge is -1.98. The molecule has 0 spiro atoms. The van der Waals surface area contributed by atoms with Crippen LogP contribution in [0.1, 0.15) is 16.0 Å². The summed E-state index contributed by atoms with van der Waals surface area (Å²) in [6.45, 7) is 1.08. The third kappa shape index (κ3) is 1.52. The second kappa shape index (κ2) is 3.07. The van der Waals surface area contributed by atoms with Crippen molar-refractivity contribution < 1.29 is 9.50 Å². The molecule has 10 heavy (non-hydrogen) atoms. The van der Waals surface area contributed by atoms with Gasteiger partial charge < -0.3 is 5.11 Å². The quantitative estimate of drug-likeness (QED) is 0.712. The Morgan fingerprint density at radius 1 is 1.90 bits per heavy atom. The summed E-state index contributed by atoms with van der Waals surface area (Å²) in [4.78, 5) is 4.47. The van der Waals surface area contributed by atoms with Gasteiger partial charge in [-0.25, -0.2) is 9.37 Å². The molecule has 0 saturated carbocycles. The maximum Gasteiger partial charge on any atom is 0.120 e. The molecule has 0 aliphatic heterocycles. The SMILES string of the molecule is Cc1ncc(C(O)CF)s1. The van der Waals surface area contributed by atoms with Crippen molar-refractivity contribution in [2.75, 3.05) is 6.67 Å². The summed E-state index contributed by atoms with van der Waals surface area (Å²) in [7, 11) is 0. The fraction of sp³-hybridized carbons (Fsp3) is 0.500. The molecule has 0 fully saturated rings. The maximum absolute atomic E-state index is 11.8. The minimum atomic E-state index is -0.980. The lowest BCUT2D eigenvalue weighted by Crippen LogP contribution is -1.94. The predicted octanol–water partition coefficient (Wildman–Crippen LogP) is 1.45. The summed E-state index contributed by atoms with van der Waals surface area (Å²) in [6, 6.07) is 0. The van der Waals surface area contributed by atoms with Gasteiger partial charge in [-0.3, -0.25) is 0 Å². The third-order valence-electron chi connectivity index (χ3n) is 1.11. The van der Waals surface area contributed by atoms with Crippen LogP contribution in [0.15, 0.2) is 6.20 Å². The van der Waals surface area contributed by atoms with Gasteiger partial charge in [0.05, 0.1) is 9.88 Å². The summed E-state index contributed by atoms with van der Waals surface area (Å²) in [5, 5.41) is 9.79. The molecule has 0 bridgehead atoms. The monoisotopic (exact) mass is 161 g/mol. The zero-order valence-electron chi connectivity index (χ0n) is 5.54. The van der Waals surface area contributed by atoms with Crippen LogP contribution in [0.5, 0.6) is 0 Å². The highest BCUT2D eigenvalue weighted by molar-refractivity contribution is 7.11. The molecule has 1 atom stereocenters. The summed E-state index contributed by atoms with van der Waals surface area (Å²) in [6.07, 6.45) is 0.524. The average Bonchev–Trinajstić information content (AvgIpc) is 2.34. The zero-order valence-corrected chi connectivity index (χ0v) is 6.36. The van der Waals surface area contributed by atoms with Crippen molar-refractivity contribution in [1.29, 1.82) is 0 Å². The third-order valence-corrected chi connectivity index (χ3v) is 2.13. The van der Waals surface area contributed by atoms with Gasteiger partial charge in [0.25, 0.3) is 0 Å². The van der Waals surface area contributed by atoms with E-state index in [9.17, 15) is 4.39 Å². The van der Waals surface area contributed by atoms with Gasteiger partial charge in [-0.1, -0.05) is 0 Å². The van der Waals surface area contributed by atoms with E-state index in [1.807, 2.05) is 6.92 Å². The van der Waals surface area contributed by atoms with Crippen molar-refractivity contribution in [3.8, 4) is 0 Å². The largest absolute Gasteiger partial charge is 0.385 e. The van der Waals surface area contributed by atoms with Crippen LogP contribution in [-0.4, -0.2) is 16.8 Å². The van der Waals surface area contributed by atoms with E-state index in [4.69, 9.17) is 5.11 Å². The topological polar surface area (TPSA) is 33.1 Å². The molecule has 0 aromatic carbocycles. The van der Waals surface area contributed by atoms with E-state index in [0.29, 0.717) is 4.88 Å². The molecule has 0 aliphatic carbocycles. The fourth-order valence-electron chi connectivity index (χ4n) is 0.608. The standard InChI is InChI=1S/C6H8FNOS/c1-4-8-3-6(10-4)5(9)2-7/h3,5,9H,2H2,1H3. The maximum atomic E-state index is 11.8. The molecule has 1 aromatic rings.